The van der Waals surface area contributed by atoms with Crippen LogP contribution in [-0.4, -0.2) is 36.3 Å². The van der Waals surface area contributed by atoms with Gasteiger partial charge in [0.2, 0.25) is 0 Å². The van der Waals surface area contributed by atoms with E-state index in [0.717, 1.165) is 26.0 Å². The molecule has 6 nitrogen and oxygen atoms in total. The number of ether oxygens (including phenoxy) is 1. The van der Waals surface area contributed by atoms with E-state index in [-0.39, 0.29) is 5.56 Å². The summed E-state index contributed by atoms with van der Waals surface area (Å²) < 4.78 is 4.93. The van der Waals surface area contributed by atoms with Crippen LogP contribution in [0.3, 0.4) is 0 Å². The van der Waals surface area contributed by atoms with Crippen LogP contribution in [0.25, 0.3) is 0 Å². The number of anilines is 2. The zero-order chi connectivity index (χ0) is 12.7. The molecule has 0 unspecified atom stereocenters. The number of hydrogen-bond donors (Lipinski definition) is 3. The summed E-state index contributed by atoms with van der Waals surface area (Å²) in [5, 5.41) is 11.8. The molecule has 0 fully saturated rings. The van der Waals surface area contributed by atoms with E-state index in [1.807, 2.05) is 0 Å². The lowest BCUT2D eigenvalue weighted by molar-refractivity contribution is 0.0696. The molecule has 1 aromatic rings. The number of unbranched alkanes of at least 4 members (excludes halogenated alkanes) is 1. The van der Waals surface area contributed by atoms with Gasteiger partial charge in [-0.2, -0.15) is 0 Å². The highest BCUT2D eigenvalue weighted by Crippen LogP contribution is 2.16. The molecule has 0 radical (unpaired) electrons. The summed E-state index contributed by atoms with van der Waals surface area (Å²) in [4.78, 5) is 14.6. The highest BCUT2D eigenvalue weighted by Gasteiger charge is 2.06. The van der Waals surface area contributed by atoms with Crippen LogP contribution in [0.5, 0.6) is 0 Å². The highest BCUT2D eigenvalue weighted by molar-refractivity contribution is 5.89. The number of nitrogen functional groups attached to an aromatic ring is 1. The molecule has 0 saturated carbocycles. The molecular weight excluding hydrogens is 222 g/mol. The molecule has 0 aromatic carbocycles. The second-order valence-electron chi connectivity index (χ2n) is 3.59. The normalized spacial score (nSPS) is 10.2. The quantitative estimate of drug-likeness (QED) is 0.618. The summed E-state index contributed by atoms with van der Waals surface area (Å²) in [6, 6.07) is 1.40. The molecule has 0 aliphatic heterocycles. The van der Waals surface area contributed by atoms with Crippen LogP contribution < -0.4 is 11.1 Å². The van der Waals surface area contributed by atoms with Crippen LogP contribution >= 0.6 is 0 Å². The van der Waals surface area contributed by atoms with Crippen LogP contribution in [0.4, 0.5) is 11.5 Å². The summed E-state index contributed by atoms with van der Waals surface area (Å²) in [7, 11) is 1.66. The van der Waals surface area contributed by atoms with Crippen LogP contribution in [0, 0.1) is 0 Å². The molecular formula is C11H17N3O3. The first kappa shape index (κ1) is 13.2. The van der Waals surface area contributed by atoms with E-state index in [1.165, 1.54) is 12.3 Å². The van der Waals surface area contributed by atoms with Crippen molar-refractivity contribution in [3.8, 4) is 0 Å². The van der Waals surface area contributed by atoms with E-state index < -0.39 is 5.97 Å². The number of carboxylic acid groups (broad SMARTS) is 1. The van der Waals surface area contributed by atoms with Gasteiger partial charge < -0.3 is 20.9 Å². The Kier molecular flexibility index (Phi) is 5.22. The van der Waals surface area contributed by atoms with Gasteiger partial charge in [-0.05, 0) is 18.9 Å². The number of nitrogens with zero attached hydrogens (tertiary/aromatic N) is 1. The Balaban J connectivity index is 2.46. The van der Waals surface area contributed by atoms with Gasteiger partial charge in [0, 0.05) is 26.5 Å². The van der Waals surface area contributed by atoms with E-state index in [4.69, 9.17) is 15.6 Å². The second kappa shape index (κ2) is 6.70. The average Bonchev–Trinajstić information content (AvgIpc) is 2.30. The zero-order valence-electron chi connectivity index (χ0n) is 9.77. The van der Waals surface area contributed by atoms with Crippen LogP contribution in [-0.2, 0) is 4.74 Å². The fraction of sp³-hybridized carbons (Fsp3) is 0.455. The van der Waals surface area contributed by atoms with Gasteiger partial charge in [0.1, 0.15) is 5.82 Å². The standard InChI is InChI=1S/C11H17N3O3/c1-17-5-3-2-4-13-10-9(12)6-8(7-14-10)11(15)16/h6-7H,2-5,12H2,1H3,(H,13,14)(H,15,16). The van der Waals surface area contributed by atoms with E-state index in [1.54, 1.807) is 7.11 Å². The number of nitrogens with two attached hydrogens (primary N) is 1. The molecule has 17 heavy (non-hydrogen) atoms. The minimum Gasteiger partial charge on any atom is -0.478 e. The minimum atomic E-state index is -1.03. The number of aromatic nitrogens is 1. The van der Waals surface area contributed by atoms with Crippen molar-refractivity contribution >= 4 is 17.5 Å². The van der Waals surface area contributed by atoms with Gasteiger partial charge >= 0.3 is 5.97 Å². The predicted molar refractivity (Wildman–Crippen MR) is 65.2 cm³/mol. The lowest BCUT2D eigenvalue weighted by atomic mass is 10.2. The number of carboxylic acids is 1. The molecule has 1 aromatic heterocycles. The molecule has 4 N–H and O–H groups in total. The average molecular weight is 239 g/mol. The number of pyridine rings is 1. The van der Waals surface area contributed by atoms with E-state index in [0.29, 0.717) is 11.5 Å². The fourth-order valence-corrected chi connectivity index (χ4v) is 1.32. The maximum Gasteiger partial charge on any atom is 0.337 e. The molecule has 0 aliphatic carbocycles. The summed E-state index contributed by atoms with van der Waals surface area (Å²) >= 11 is 0. The molecule has 94 valence electrons. The van der Waals surface area contributed by atoms with Gasteiger partial charge in [-0.1, -0.05) is 0 Å². The molecule has 0 saturated heterocycles. The van der Waals surface area contributed by atoms with Crippen molar-refractivity contribution in [3.05, 3.63) is 17.8 Å². The molecule has 0 spiro atoms. The van der Waals surface area contributed by atoms with Crippen molar-refractivity contribution in [2.75, 3.05) is 31.3 Å². The van der Waals surface area contributed by atoms with Crippen molar-refractivity contribution in [3.63, 3.8) is 0 Å². The third-order valence-electron chi connectivity index (χ3n) is 2.23. The smallest absolute Gasteiger partial charge is 0.337 e. The molecule has 0 amide bonds. The number of carbonyl (C=O) groups is 1. The van der Waals surface area contributed by atoms with Crippen molar-refractivity contribution in [1.29, 1.82) is 0 Å². The van der Waals surface area contributed by atoms with E-state index in [2.05, 4.69) is 10.3 Å². The summed E-state index contributed by atoms with van der Waals surface area (Å²) in [5.74, 6) is -0.511. The van der Waals surface area contributed by atoms with Crippen molar-refractivity contribution in [1.82, 2.24) is 4.98 Å². The first-order chi connectivity index (χ1) is 8.15. The first-order valence-corrected chi connectivity index (χ1v) is 5.36. The maximum atomic E-state index is 10.7. The molecule has 0 bridgehead atoms. The summed E-state index contributed by atoms with van der Waals surface area (Å²) in [6.45, 7) is 1.45. The maximum absolute atomic E-state index is 10.7. The molecule has 0 atom stereocenters. The monoisotopic (exact) mass is 239 g/mol. The Bertz CT molecular complexity index is 382. The van der Waals surface area contributed by atoms with Gasteiger partial charge in [-0.3, -0.25) is 0 Å². The molecule has 1 heterocycles. The number of hydrogen-bond acceptors (Lipinski definition) is 5. The highest BCUT2D eigenvalue weighted by atomic mass is 16.5. The van der Waals surface area contributed by atoms with Crippen molar-refractivity contribution in [2.24, 2.45) is 0 Å². The lowest BCUT2D eigenvalue weighted by Gasteiger charge is -2.08. The van der Waals surface area contributed by atoms with E-state index in [9.17, 15) is 4.79 Å². The van der Waals surface area contributed by atoms with Gasteiger partial charge in [-0.15, -0.1) is 0 Å². The largest absolute Gasteiger partial charge is 0.478 e. The molecule has 6 heteroatoms. The van der Waals surface area contributed by atoms with Crippen LogP contribution in [0.1, 0.15) is 23.2 Å². The predicted octanol–water partition coefficient (Wildman–Crippen LogP) is 1.20. The Morgan fingerprint density at radius 3 is 2.94 bits per heavy atom. The third-order valence-corrected chi connectivity index (χ3v) is 2.23. The van der Waals surface area contributed by atoms with Crippen LogP contribution in [0.15, 0.2) is 12.3 Å². The Morgan fingerprint density at radius 1 is 1.59 bits per heavy atom. The Hall–Kier alpha value is -1.82. The van der Waals surface area contributed by atoms with Gasteiger partial charge in [0.15, 0.2) is 0 Å². The second-order valence-corrected chi connectivity index (χ2v) is 3.59. The molecule has 0 aliphatic rings. The van der Waals surface area contributed by atoms with Crippen molar-refractivity contribution in [2.45, 2.75) is 12.8 Å². The number of aromatic carboxylic acids is 1. The van der Waals surface area contributed by atoms with E-state index >= 15 is 0 Å². The van der Waals surface area contributed by atoms with Gasteiger partial charge in [-0.25, -0.2) is 9.78 Å². The van der Waals surface area contributed by atoms with Gasteiger partial charge in [0.25, 0.3) is 0 Å². The zero-order valence-corrected chi connectivity index (χ0v) is 9.77. The summed E-state index contributed by atoms with van der Waals surface area (Å²) in [5.41, 5.74) is 6.12. The first-order valence-electron chi connectivity index (χ1n) is 5.36. The topological polar surface area (TPSA) is 97.5 Å². The SMILES string of the molecule is COCCCCNc1ncc(C(=O)O)cc1N. The number of methoxy groups -OCH3 is 1. The molecule has 1 rings (SSSR count). The van der Waals surface area contributed by atoms with Gasteiger partial charge in [0.05, 0.1) is 11.3 Å². The minimum absolute atomic E-state index is 0.0902. The summed E-state index contributed by atoms with van der Waals surface area (Å²) in [6.07, 6.45) is 3.18. The lowest BCUT2D eigenvalue weighted by Crippen LogP contribution is -2.08. The third kappa shape index (κ3) is 4.28. The number of nitrogens with one attached hydrogen (secondary N) is 1. The fourth-order valence-electron chi connectivity index (χ4n) is 1.32. The number of rotatable bonds is 7. The van der Waals surface area contributed by atoms with Crippen molar-refractivity contribution < 1.29 is 14.6 Å². The van der Waals surface area contributed by atoms with Crippen LogP contribution in [0.2, 0.25) is 0 Å². The Morgan fingerprint density at radius 2 is 2.35 bits per heavy atom. The Labute approximate surface area is 99.8 Å².